The standard InChI is InChI=1S/C8H11ClN2O4S2/c1-6(2)11-17(14,15)7-3-4-10-8(5-7)16(9,12)13/h3-6,11H,1-2H3. The van der Waals surface area contributed by atoms with Crippen molar-refractivity contribution in [2.24, 2.45) is 0 Å². The fraction of sp³-hybridized carbons (Fsp3) is 0.375. The van der Waals surface area contributed by atoms with Crippen LogP contribution in [-0.4, -0.2) is 27.9 Å². The van der Waals surface area contributed by atoms with Gasteiger partial charge in [-0.2, -0.15) is 0 Å². The van der Waals surface area contributed by atoms with Crippen LogP contribution in [0.4, 0.5) is 0 Å². The Morgan fingerprint density at radius 2 is 1.88 bits per heavy atom. The third kappa shape index (κ3) is 3.91. The van der Waals surface area contributed by atoms with E-state index in [-0.39, 0.29) is 10.9 Å². The topological polar surface area (TPSA) is 93.2 Å². The van der Waals surface area contributed by atoms with Crippen LogP contribution in [0.25, 0.3) is 0 Å². The average molecular weight is 299 g/mol. The normalized spacial score (nSPS) is 12.9. The first-order valence-electron chi connectivity index (χ1n) is 4.56. The van der Waals surface area contributed by atoms with E-state index >= 15 is 0 Å². The summed E-state index contributed by atoms with van der Waals surface area (Å²) in [5.74, 6) is 0. The van der Waals surface area contributed by atoms with E-state index in [1.165, 1.54) is 6.07 Å². The largest absolute Gasteiger partial charge is 0.278 e. The van der Waals surface area contributed by atoms with Crippen molar-refractivity contribution in [1.82, 2.24) is 9.71 Å². The molecule has 0 fully saturated rings. The van der Waals surface area contributed by atoms with E-state index in [0.29, 0.717) is 0 Å². The predicted octanol–water partition coefficient (Wildman–Crippen LogP) is 0.696. The van der Waals surface area contributed by atoms with Crippen molar-refractivity contribution >= 4 is 29.8 Å². The zero-order valence-corrected chi connectivity index (χ0v) is 11.5. The van der Waals surface area contributed by atoms with E-state index < -0.39 is 24.1 Å². The molecule has 0 aliphatic heterocycles. The highest BCUT2D eigenvalue weighted by molar-refractivity contribution is 8.13. The molecular weight excluding hydrogens is 288 g/mol. The Balaban J connectivity index is 3.26. The van der Waals surface area contributed by atoms with Gasteiger partial charge in [0.2, 0.25) is 10.0 Å². The summed E-state index contributed by atoms with van der Waals surface area (Å²) < 4.78 is 47.9. The van der Waals surface area contributed by atoms with E-state index in [1.807, 2.05) is 0 Å². The Hall–Kier alpha value is -0.700. The van der Waals surface area contributed by atoms with Crippen molar-refractivity contribution in [2.75, 3.05) is 0 Å². The molecule has 17 heavy (non-hydrogen) atoms. The Morgan fingerprint density at radius 1 is 1.29 bits per heavy atom. The lowest BCUT2D eigenvalue weighted by atomic mass is 10.4. The minimum absolute atomic E-state index is 0.194. The van der Waals surface area contributed by atoms with Gasteiger partial charge >= 0.3 is 0 Å². The van der Waals surface area contributed by atoms with Crippen LogP contribution in [0.2, 0.25) is 0 Å². The second-order valence-corrected chi connectivity index (χ2v) is 7.77. The van der Waals surface area contributed by atoms with Crippen LogP contribution in [0.5, 0.6) is 0 Å². The van der Waals surface area contributed by atoms with E-state index in [1.54, 1.807) is 13.8 Å². The molecule has 0 radical (unpaired) electrons. The van der Waals surface area contributed by atoms with Gasteiger partial charge in [0.1, 0.15) is 0 Å². The van der Waals surface area contributed by atoms with Crippen LogP contribution in [0.3, 0.4) is 0 Å². The number of nitrogens with zero attached hydrogens (tertiary/aromatic N) is 1. The number of rotatable bonds is 4. The molecule has 0 saturated carbocycles. The molecule has 9 heteroatoms. The molecule has 0 bridgehead atoms. The number of halogens is 1. The molecule has 6 nitrogen and oxygen atoms in total. The van der Waals surface area contributed by atoms with Crippen LogP contribution in [0.1, 0.15) is 13.8 Å². The molecule has 0 unspecified atom stereocenters. The van der Waals surface area contributed by atoms with Gasteiger partial charge < -0.3 is 0 Å². The summed E-state index contributed by atoms with van der Waals surface area (Å²) in [7, 11) is -2.72. The fourth-order valence-electron chi connectivity index (χ4n) is 1.07. The van der Waals surface area contributed by atoms with Crippen LogP contribution in [0.15, 0.2) is 28.3 Å². The summed E-state index contributed by atoms with van der Waals surface area (Å²) in [4.78, 5) is 3.30. The maximum Gasteiger partial charge on any atom is 0.278 e. The molecule has 0 aliphatic rings. The summed E-state index contributed by atoms with van der Waals surface area (Å²) in [6.45, 7) is 3.30. The first kappa shape index (κ1) is 14.4. The summed E-state index contributed by atoms with van der Waals surface area (Å²) in [5, 5.41) is -0.495. The fourth-order valence-corrected chi connectivity index (χ4v) is 3.12. The first-order chi connectivity index (χ1) is 7.63. The summed E-state index contributed by atoms with van der Waals surface area (Å²) in [5.41, 5.74) is 0. The van der Waals surface area contributed by atoms with Crippen LogP contribution in [-0.2, 0) is 19.1 Å². The number of nitrogens with one attached hydrogen (secondary N) is 1. The zero-order chi connectivity index (χ0) is 13.3. The minimum atomic E-state index is -4.05. The summed E-state index contributed by atoms with van der Waals surface area (Å²) >= 11 is 0. The molecule has 0 aliphatic carbocycles. The predicted molar refractivity (Wildman–Crippen MR) is 62.7 cm³/mol. The van der Waals surface area contributed by atoms with Gasteiger partial charge in [0, 0.05) is 22.9 Å². The third-order valence-corrected chi connectivity index (χ3v) is 4.51. The summed E-state index contributed by atoms with van der Waals surface area (Å²) in [6, 6.07) is 1.80. The number of hydrogen-bond acceptors (Lipinski definition) is 5. The van der Waals surface area contributed by atoms with Crippen LogP contribution < -0.4 is 4.72 Å². The van der Waals surface area contributed by atoms with Crippen molar-refractivity contribution in [2.45, 2.75) is 29.8 Å². The minimum Gasteiger partial charge on any atom is -0.243 e. The lowest BCUT2D eigenvalue weighted by molar-refractivity contribution is 0.569. The van der Waals surface area contributed by atoms with Gasteiger partial charge in [0.25, 0.3) is 9.05 Å². The van der Waals surface area contributed by atoms with Crippen molar-refractivity contribution in [1.29, 1.82) is 0 Å². The Labute approximate surface area is 104 Å². The molecule has 0 amide bonds. The molecule has 1 aromatic heterocycles. The number of pyridine rings is 1. The second kappa shape index (κ2) is 4.89. The Bertz CT molecular complexity index is 610. The molecule has 1 aromatic rings. The monoisotopic (exact) mass is 298 g/mol. The Kier molecular flexibility index (Phi) is 4.13. The van der Waals surface area contributed by atoms with Gasteiger partial charge in [-0.3, -0.25) is 0 Å². The molecule has 0 saturated heterocycles. The van der Waals surface area contributed by atoms with Gasteiger partial charge in [-0.05, 0) is 26.0 Å². The molecule has 0 atom stereocenters. The molecule has 1 rings (SSSR count). The second-order valence-electron chi connectivity index (χ2n) is 3.54. The number of aromatic nitrogens is 1. The molecule has 0 spiro atoms. The Morgan fingerprint density at radius 3 is 2.35 bits per heavy atom. The van der Waals surface area contributed by atoms with Crippen LogP contribution in [0, 0.1) is 0 Å². The highest BCUT2D eigenvalue weighted by atomic mass is 35.7. The molecular formula is C8H11ClN2O4S2. The van der Waals surface area contributed by atoms with E-state index in [4.69, 9.17) is 10.7 Å². The van der Waals surface area contributed by atoms with Gasteiger partial charge in [-0.1, -0.05) is 0 Å². The van der Waals surface area contributed by atoms with Gasteiger partial charge in [-0.15, -0.1) is 0 Å². The van der Waals surface area contributed by atoms with Gasteiger partial charge in [-0.25, -0.2) is 26.5 Å². The first-order valence-corrected chi connectivity index (χ1v) is 8.35. The lowest BCUT2D eigenvalue weighted by Crippen LogP contribution is -2.30. The van der Waals surface area contributed by atoms with Crippen molar-refractivity contribution in [3.05, 3.63) is 18.3 Å². The van der Waals surface area contributed by atoms with Gasteiger partial charge in [0.05, 0.1) is 4.90 Å². The van der Waals surface area contributed by atoms with Crippen molar-refractivity contribution in [3.8, 4) is 0 Å². The molecule has 96 valence electrons. The van der Waals surface area contributed by atoms with Gasteiger partial charge in [0.15, 0.2) is 5.03 Å². The maximum atomic E-state index is 11.7. The zero-order valence-electron chi connectivity index (χ0n) is 9.08. The maximum absolute atomic E-state index is 11.7. The smallest absolute Gasteiger partial charge is 0.243 e. The molecule has 0 aromatic carbocycles. The quantitative estimate of drug-likeness (QED) is 0.826. The van der Waals surface area contributed by atoms with E-state index in [2.05, 4.69) is 9.71 Å². The number of sulfonamides is 1. The van der Waals surface area contributed by atoms with Crippen LogP contribution >= 0.6 is 10.7 Å². The SMILES string of the molecule is CC(C)NS(=O)(=O)c1ccnc(S(=O)(=O)Cl)c1. The number of hydrogen-bond donors (Lipinski definition) is 1. The lowest BCUT2D eigenvalue weighted by Gasteiger charge is -2.09. The average Bonchev–Trinajstić information content (AvgIpc) is 2.14. The van der Waals surface area contributed by atoms with Crippen molar-refractivity contribution in [3.63, 3.8) is 0 Å². The highest BCUT2D eigenvalue weighted by Crippen LogP contribution is 2.16. The highest BCUT2D eigenvalue weighted by Gasteiger charge is 2.19. The third-order valence-electron chi connectivity index (χ3n) is 1.66. The van der Waals surface area contributed by atoms with Crippen molar-refractivity contribution < 1.29 is 16.8 Å². The van der Waals surface area contributed by atoms with E-state index in [9.17, 15) is 16.8 Å². The van der Waals surface area contributed by atoms with E-state index in [0.717, 1.165) is 12.3 Å². The molecule has 1 heterocycles. The molecule has 1 N–H and O–H groups in total. The summed E-state index contributed by atoms with van der Waals surface area (Å²) in [6.07, 6.45) is 1.07.